The van der Waals surface area contributed by atoms with Gasteiger partial charge < -0.3 is 9.84 Å². The Bertz CT molecular complexity index is 336. The maximum Gasteiger partial charge on any atom is 0.336 e. The number of carboxylic acids is 1. The summed E-state index contributed by atoms with van der Waals surface area (Å²) in [6, 6.07) is 4.68. The highest BCUT2D eigenvalue weighted by Crippen LogP contribution is 2.21. The summed E-state index contributed by atoms with van der Waals surface area (Å²) < 4.78 is 16.9. The molecule has 1 aromatic rings. The number of carboxylic acid groups (broad SMARTS) is 1. The van der Waals surface area contributed by atoms with E-state index in [-0.39, 0.29) is 12.2 Å². The van der Waals surface area contributed by atoms with Gasteiger partial charge in [0.05, 0.1) is 5.56 Å². The van der Waals surface area contributed by atoms with Crippen LogP contribution in [-0.2, 0) is 0 Å². The molecular formula is C10H11FO3. The van der Waals surface area contributed by atoms with Crippen LogP contribution in [0.5, 0.6) is 5.75 Å². The van der Waals surface area contributed by atoms with Gasteiger partial charge in [-0.3, -0.25) is 0 Å². The maximum atomic E-state index is 11.8. The molecule has 0 aliphatic rings. The summed E-state index contributed by atoms with van der Waals surface area (Å²) in [7, 11) is 0. The van der Waals surface area contributed by atoms with Gasteiger partial charge in [-0.1, -0.05) is 6.07 Å². The van der Waals surface area contributed by atoms with Gasteiger partial charge in [0.25, 0.3) is 0 Å². The SMILES string of the molecule is Cc1c(OCCF)cccc1C(=O)O. The summed E-state index contributed by atoms with van der Waals surface area (Å²) in [6.45, 7) is 0.998. The Balaban J connectivity index is 2.95. The Labute approximate surface area is 81.1 Å². The van der Waals surface area contributed by atoms with Crippen LogP contribution >= 0.6 is 0 Å². The topological polar surface area (TPSA) is 46.5 Å². The minimum atomic E-state index is -1.01. The highest BCUT2D eigenvalue weighted by molar-refractivity contribution is 5.90. The molecule has 0 aliphatic carbocycles. The fourth-order valence-electron chi connectivity index (χ4n) is 1.15. The van der Waals surface area contributed by atoms with Crippen molar-refractivity contribution in [2.75, 3.05) is 13.3 Å². The highest BCUT2D eigenvalue weighted by atomic mass is 19.1. The summed E-state index contributed by atoms with van der Waals surface area (Å²) in [5.41, 5.74) is 0.704. The first-order valence-electron chi connectivity index (χ1n) is 4.18. The number of aromatic carboxylic acids is 1. The van der Waals surface area contributed by atoms with Crippen LogP contribution in [0.15, 0.2) is 18.2 Å². The van der Waals surface area contributed by atoms with Gasteiger partial charge in [-0.2, -0.15) is 0 Å². The van der Waals surface area contributed by atoms with Crippen LogP contribution in [0.2, 0.25) is 0 Å². The molecular weight excluding hydrogens is 187 g/mol. The van der Waals surface area contributed by atoms with Gasteiger partial charge in [-0.05, 0) is 19.1 Å². The largest absolute Gasteiger partial charge is 0.491 e. The first-order valence-corrected chi connectivity index (χ1v) is 4.18. The fraction of sp³-hybridized carbons (Fsp3) is 0.300. The van der Waals surface area contributed by atoms with E-state index in [0.29, 0.717) is 11.3 Å². The van der Waals surface area contributed by atoms with Crippen molar-refractivity contribution >= 4 is 5.97 Å². The maximum absolute atomic E-state index is 11.8. The van der Waals surface area contributed by atoms with E-state index in [4.69, 9.17) is 9.84 Å². The van der Waals surface area contributed by atoms with E-state index < -0.39 is 12.6 Å². The van der Waals surface area contributed by atoms with Gasteiger partial charge in [-0.25, -0.2) is 9.18 Å². The number of halogens is 1. The van der Waals surface area contributed by atoms with Crippen molar-refractivity contribution in [3.05, 3.63) is 29.3 Å². The van der Waals surface area contributed by atoms with Crippen LogP contribution in [0.4, 0.5) is 4.39 Å². The molecule has 14 heavy (non-hydrogen) atoms. The second kappa shape index (κ2) is 4.60. The van der Waals surface area contributed by atoms with Gasteiger partial charge in [-0.15, -0.1) is 0 Å². The molecule has 0 unspecified atom stereocenters. The van der Waals surface area contributed by atoms with Crippen LogP contribution in [-0.4, -0.2) is 24.4 Å². The lowest BCUT2D eigenvalue weighted by Crippen LogP contribution is -2.04. The molecule has 0 fully saturated rings. The molecule has 1 rings (SSSR count). The van der Waals surface area contributed by atoms with Gasteiger partial charge in [0.15, 0.2) is 0 Å². The molecule has 0 atom stereocenters. The third-order valence-corrected chi connectivity index (χ3v) is 1.85. The van der Waals surface area contributed by atoms with Crippen molar-refractivity contribution in [1.82, 2.24) is 0 Å². The zero-order valence-corrected chi connectivity index (χ0v) is 7.79. The molecule has 4 heteroatoms. The van der Waals surface area contributed by atoms with Gasteiger partial charge >= 0.3 is 5.97 Å². The molecule has 0 radical (unpaired) electrons. The zero-order chi connectivity index (χ0) is 10.6. The Morgan fingerprint density at radius 2 is 2.29 bits per heavy atom. The van der Waals surface area contributed by atoms with Crippen LogP contribution in [0.1, 0.15) is 15.9 Å². The Morgan fingerprint density at radius 3 is 2.86 bits per heavy atom. The molecule has 0 bridgehead atoms. The van der Waals surface area contributed by atoms with E-state index in [1.807, 2.05) is 0 Å². The van der Waals surface area contributed by atoms with Crippen LogP contribution in [0.3, 0.4) is 0 Å². The smallest absolute Gasteiger partial charge is 0.336 e. The van der Waals surface area contributed by atoms with Crippen LogP contribution < -0.4 is 4.74 Å². The van der Waals surface area contributed by atoms with Gasteiger partial charge in [0.1, 0.15) is 19.0 Å². The second-order valence-electron chi connectivity index (χ2n) is 2.77. The first kappa shape index (κ1) is 10.5. The lowest BCUT2D eigenvalue weighted by Gasteiger charge is -2.08. The average Bonchev–Trinajstić information content (AvgIpc) is 2.16. The first-order chi connectivity index (χ1) is 6.66. The predicted molar refractivity (Wildman–Crippen MR) is 49.6 cm³/mol. The number of benzene rings is 1. The number of hydrogen-bond acceptors (Lipinski definition) is 2. The summed E-state index contributed by atoms with van der Waals surface area (Å²) in [4.78, 5) is 10.7. The van der Waals surface area contributed by atoms with Crippen molar-refractivity contribution in [3.63, 3.8) is 0 Å². The number of carbonyl (C=O) groups is 1. The average molecular weight is 198 g/mol. The normalized spacial score (nSPS) is 9.86. The van der Waals surface area contributed by atoms with Crippen LogP contribution in [0.25, 0.3) is 0 Å². The Kier molecular flexibility index (Phi) is 3.45. The standard InChI is InChI=1S/C10H11FO3/c1-7-8(10(12)13)3-2-4-9(7)14-6-5-11/h2-4H,5-6H2,1H3,(H,12,13). The summed E-state index contributed by atoms with van der Waals surface area (Å²) in [5.74, 6) is -0.587. The number of hydrogen-bond donors (Lipinski definition) is 1. The van der Waals surface area contributed by atoms with E-state index in [9.17, 15) is 9.18 Å². The van der Waals surface area contributed by atoms with Crippen molar-refractivity contribution < 1.29 is 19.0 Å². The quantitative estimate of drug-likeness (QED) is 0.805. The van der Waals surface area contributed by atoms with Gasteiger partial charge in [0.2, 0.25) is 0 Å². The van der Waals surface area contributed by atoms with Crippen molar-refractivity contribution in [1.29, 1.82) is 0 Å². The molecule has 0 saturated carbocycles. The van der Waals surface area contributed by atoms with E-state index >= 15 is 0 Å². The molecule has 0 aromatic heterocycles. The van der Waals surface area contributed by atoms with E-state index in [1.54, 1.807) is 19.1 Å². The second-order valence-corrected chi connectivity index (χ2v) is 2.77. The Morgan fingerprint density at radius 1 is 1.57 bits per heavy atom. The zero-order valence-electron chi connectivity index (χ0n) is 7.79. The third kappa shape index (κ3) is 2.22. The minimum absolute atomic E-state index is 0.0517. The summed E-state index contributed by atoms with van der Waals surface area (Å²) >= 11 is 0. The third-order valence-electron chi connectivity index (χ3n) is 1.85. The predicted octanol–water partition coefficient (Wildman–Crippen LogP) is 2.04. The number of alkyl halides is 1. The molecule has 0 heterocycles. The van der Waals surface area contributed by atoms with E-state index in [0.717, 1.165) is 0 Å². The molecule has 0 saturated heterocycles. The molecule has 0 spiro atoms. The van der Waals surface area contributed by atoms with Gasteiger partial charge in [0, 0.05) is 5.56 Å². The summed E-state index contributed by atoms with van der Waals surface area (Å²) in [6.07, 6.45) is 0. The van der Waals surface area contributed by atoms with Crippen molar-refractivity contribution in [2.24, 2.45) is 0 Å². The lowest BCUT2D eigenvalue weighted by atomic mass is 10.1. The Hall–Kier alpha value is -1.58. The summed E-state index contributed by atoms with van der Waals surface area (Å²) in [5, 5.41) is 8.79. The van der Waals surface area contributed by atoms with Crippen molar-refractivity contribution in [3.8, 4) is 5.75 Å². The highest BCUT2D eigenvalue weighted by Gasteiger charge is 2.10. The van der Waals surface area contributed by atoms with Crippen molar-refractivity contribution in [2.45, 2.75) is 6.92 Å². The minimum Gasteiger partial charge on any atom is -0.491 e. The fourth-order valence-corrected chi connectivity index (χ4v) is 1.15. The van der Waals surface area contributed by atoms with E-state index in [2.05, 4.69) is 0 Å². The van der Waals surface area contributed by atoms with E-state index in [1.165, 1.54) is 6.07 Å². The molecule has 1 aromatic carbocycles. The molecule has 3 nitrogen and oxygen atoms in total. The van der Waals surface area contributed by atoms with Crippen LogP contribution in [0, 0.1) is 6.92 Å². The lowest BCUT2D eigenvalue weighted by molar-refractivity contribution is 0.0695. The molecule has 76 valence electrons. The molecule has 0 amide bonds. The molecule has 1 N–H and O–H groups in total. The number of ether oxygens (including phenoxy) is 1. The molecule has 0 aliphatic heterocycles. The monoisotopic (exact) mass is 198 g/mol. The number of rotatable bonds is 4.